The highest BCUT2D eigenvalue weighted by molar-refractivity contribution is 9.10. The van der Waals surface area contributed by atoms with Crippen molar-refractivity contribution in [1.29, 1.82) is 0 Å². The minimum absolute atomic E-state index is 0.230. The average Bonchev–Trinajstić information content (AvgIpc) is 2.29. The highest BCUT2D eigenvalue weighted by Crippen LogP contribution is 2.33. The monoisotopic (exact) mass is 283 g/mol. The molecule has 1 aromatic rings. The molecule has 0 unspecified atom stereocenters. The summed E-state index contributed by atoms with van der Waals surface area (Å²) in [6, 6.07) is 3.79. The van der Waals surface area contributed by atoms with Crippen molar-refractivity contribution in [3.63, 3.8) is 0 Å². The van der Waals surface area contributed by atoms with Gasteiger partial charge in [-0.1, -0.05) is 21.9 Å². The number of terminal acetylenes is 1. The van der Waals surface area contributed by atoms with E-state index >= 15 is 0 Å². The van der Waals surface area contributed by atoms with Crippen LogP contribution in [0.2, 0.25) is 0 Å². The predicted octanol–water partition coefficient (Wildman–Crippen LogP) is 2.19. The maximum atomic E-state index is 5.38. The molecule has 0 bridgehead atoms. The van der Waals surface area contributed by atoms with E-state index in [1.54, 1.807) is 7.11 Å². The van der Waals surface area contributed by atoms with Crippen LogP contribution in [0.15, 0.2) is 16.6 Å². The number of hydrogen-bond acceptors (Lipinski definition) is 3. The van der Waals surface area contributed by atoms with Crippen LogP contribution in [0.1, 0.15) is 5.56 Å². The molecule has 0 spiro atoms. The summed E-state index contributed by atoms with van der Waals surface area (Å²) in [6.45, 7) is 0.987. The third kappa shape index (κ3) is 3.16. The Bertz CT molecular complexity index is 399. The van der Waals surface area contributed by atoms with Crippen molar-refractivity contribution in [2.75, 3.05) is 20.8 Å². The molecule has 0 radical (unpaired) electrons. The van der Waals surface area contributed by atoms with Crippen LogP contribution >= 0.6 is 15.9 Å². The van der Waals surface area contributed by atoms with E-state index in [4.69, 9.17) is 15.9 Å². The summed E-state index contributed by atoms with van der Waals surface area (Å²) in [6.07, 6.45) is 5.15. The Hall–Kier alpha value is -1.18. The Morgan fingerprint density at radius 2 is 2.19 bits per heavy atom. The van der Waals surface area contributed by atoms with E-state index in [1.165, 1.54) is 0 Å². The molecule has 0 aliphatic rings. The quantitative estimate of drug-likeness (QED) is 0.841. The van der Waals surface area contributed by atoms with Gasteiger partial charge in [0.15, 0.2) is 11.5 Å². The average molecular weight is 284 g/mol. The van der Waals surface area contributed by atoms with Crippen LogP contribution in [0, 0.1) is 12.3 Å². The van der Waals surface area contributed by atoms with Crippen molar-refractivity contribution in [2.24, 2.45) is 0 Å². The number of benzene rings is 1. The van der Waals surface area contributed by atoms with E-state index in [1.807, 2.05) is 19.2 Å². The lowest BCUT2D eigenvalue weighted by atomic mass is 10.2. The molecule has 1 rings (SSSR count). The van der Waals surface area contributed by atoms with Gasteiger partial charge in [-0.15, -0.1) is 6.42 Å². The summed E-state index contributed by atoms with van der Waals surface area (Å²) in [5.74, 6) is 3.75. The molecule has 3 nitrogen and oxygen atoms in total. The SMILES string of the molecule is C#CCOc1cc(Br)c(CNC)cc1OC. The van der Waals surface area contributed by atoms with Gasteiger partial charge in [0.25, 0.3) is 0 Å². The summed E-state index contributed by atoms with van der Waals surface area (Å²) < 4.78 is 11.6. The van der Waals surface area contributed by atoms with E-state index < -0.39 is 0 Å². The van der Waals surface area contributed by atoms with E-state index in [-0.39, 0.29) is 6.61 Å². The number of hydrogen-bond donors (Lipinski definition) is 1. The van der Waals surface area contributed by atoms with E-state index in [0.717, 1.165) is 16.6 Å². The number of halogens is 1. The van der Waals surface area contributed by atoms with Gasteiger partial charge in [-0.25, -0.2) is 0 Å². The van der Waals surface area contributed by atoms with Crippen molar-refractivity contribution in [1.82, 2.24) is 5.32 Å². The zero-order valence-corrected chi connectivity index (χ0v) is 10.9. The Kier molecular flexibility index (Phi) is 5.17. The van der Waals surface area contributed by atoms with Crippen LogP contribution in [-0.2, 0) is 6.54 Å². The number of methoxy groups -OCH3 is 1. The fourth-order valence-corrected chi connectivity index (χ4v) is 1.76. The van der Waals surface area contributed by atoms with E-state index in [9.17, 15) is 0 Å². The maximum absolute atomic E-state index is 5.38. The molecule has 0 aliphatic carbocycles. The molecule has 0 amide bonds. The topological polar surface area (TPSA) is 30.5 Å². The minimum atomic E-state index is 0.230. The van der Waals surface area contributed by atoms with Gasteiger partial charge < -0.3 is 14.8 Å². The van der Waals surface area contributed by atoms with Gasteiger partial charge in [-0.3, -0.25) is 0 Å². The molecular weight excluding hydrogens is 270 g/mol. The lowest BCUT2D eigenvalue weighted by molar-refractivity contribution is 0.330. The van der Waals surface area contributed by atoms with Crippen molar-refractivity contribution in [3.8, 4) is 23.8 Å². The summed E-state index contributed by atoms with van der Waals surface area (Å²) in [5.41, 5.74) is 1.10. The molecule has 0 aromatic heterocycles. The third-order valence-electron chi connectivity index (χ3n) is 2.01. The van der Waals surface area contributed by atoms with Gasteiger partial charge in [0.2, 0.25) is 0 Å². The number of ether oxygens (including phenoxy) is 2. The second-order valence-corrected chi connectivity index (χ2v) is 3.97. The number of rotatable bonds is 5. The van der Waals surface area contributed by atoms with Crippen molar-refractivity contribution in [2.45, 2.75) is 6.54 Å². The zero-order chi connectivity index (χ0) is 12.0. The molecule has 1 N–H and O–H groups in total. The fraction of sp³-hybridized carbons (Fsp3) is 0.333. The molecule has 0 fully saturated rings. The molecule has 0 saturated carbocycles. The highest BCUT2D eigenvalue weighted by Gasteiger charge is 2.09. The first-order valence-corrected chi connectivity index (χ1v) is 5.59. The largest absolute Gasteiger partial charge is 0.493 e. The molecular formula is C12H14BrNO2. The number of nitrogens with one attached hydrogen (secondary N) is 1. The van der Waals surface area contributed by atoms with Gasteiger partial charge in [-0.05, 0) is 24.7 Å². The molecule has 0 saturated heterocycles. The molecule has 1 aromatic carbocycles. The summed E-state index contributed by atoms with van der Waals surface area (Å²) in [5, 5.41) is 3.08. The summed E-state index contributed by atoms with van der Waals surface area (Å²) in [4.78, 5) is 0. The lowest BCUT2D eigenvalue weighted by Crippen LogP contribution is -2.06. The van der Waals surface area contributed by atoms with Crippen molar-refractivity contribution >= 4 is 15.9 Å². The second kappa shape index (κ2) is 6.41. The van der Waals surface area contributed by atoms with Crippen LogP contribution in [0.25, 0.3) is 0 Å². The Labute approximate surface area is 104 Å². The lowest BCUT2D eigenvalue weighted by Gasteiger charge is -2.12. The van der Waals surface area contributed by atoms with Crippen molar-refractivity contribution in [3.05, 3.63) is 22.2 Å². The third-order valence-corrected chi connectivity index (χ3v) is 2.75. The standard InChI is InChI=1S/C12H14BrNO2/c1-4-5-16-12-7-10(13)9(8-14-2)6-11(12)15-3/h1,6-7,14H,5,8H2,2-3H3. The Morgan fingerprint density at radius 1 is 1.44 bits per heavy atom. The first kappa shape index (κ1) is 12.9. The second-order valence-electron chi connectivity index (χ2n) is 3.12. The highest BCUT2D eigenvalue weighted by atomic mass is 79.9. The van der Waals surface area contributed by atoms with Gasteiger partial charge in [0.1, 0.15) is 6.61 Å². The van der Waals surface area contributed by atoms with Gasteiger partial charge >= 0.3 is 0 Å². The van der Waals surface area contributed by atoms with Crippen LogP contribution in [-0.4, -0.2) is 20.8 Å². The molecule has 16 heavy (non-hydrogen) atoms. The summed E-state index contributed by atoms with van der Waals surface area (Å²) >= 11 is 3.48. The van der Waals surface area contributed by atoms with E-state index in [2.05, 4.69) is 27.2 Å². The van der Waals surface area contributed by atoms with Crippen LogP contribution in [0.4, 0.5) is 0 Å². The summed E-state index contributed by atoms with van der Waals surface area (Å²) in [7, 11) is 3.50. The Balaban J connectivity index is 3.01. The smallest absolute Gasteiger partial charge is 0.163 e. The molecule has 0 atom stereocenters. The van der Waals surface area contributed by atoms with Crippen LogP contribution in [0.3, 0.4) is 0 Å². The minimum Gasteiger partial charge on any atom is -0.493 e. The molecule has 86 valence electrons. The molecule has 4 heteroatoms. The molecule has 0 heterocycles. The van der Waals surface area contributed by atoms with Crippen LogP contribution < -0.4 is 14.8 Å². The fourth-order valence-electron chi connectivity index (χ4n) is 1.29. The van der Waals surface area contributed by atoms with Crippen LogP contribution in [0.5, 0.6) is 11.5 Å². The van der Waals surface area contributed by atoms with Gasteiger partial charge in [0, 0.05) is 11.0 Å². The normalized spacial score (nSPS) is 9.62. The van der Waals surface area contributed by atoms with E-state index in [0.29, 0.717) is 11.5 Å². The first-order valence-electron chi connectivity index (χ1n) is 4.80. The van der Waals surface area contributed by atoms with Gasteiger partial charge in [-0.2, -0.15) is 0 Å². The van der Waals surface area contributed by atoms with Crippen molar-refractivity contribution < 1.29 is 9.47 Å². The maximum Gasteiger partial charge on any atom is 0.163 e. The Morgan fingerprint density at radius 3 is 2.75 bits per heavy atom. The molecule has 0 aliphatic heterocycles. The predicted molar refractivity (Wildman–Crippen MR) is 67.8 cm³/mol. The first-order chi connectivity index (χ1) is 7.72. The zero-order valence-electron chi connectivity index (χ0n) is 9.34. The van der Waals surface area contributed by atoms with Gasteiger partial charge in [0.05, 0.1) is 7.11 Å².